The van der Waals surface area contributed by atoms with E-state index in [0.29, 0.717) is 27.3 Å². The number of thioether (sulfide) groups is 1. The van der Waals surface area contributed by atoms with Crippen LogP contribution in [-0.2, 0) is 17.8 Å². The Bertz CT molecular complexity index is 1450. The van der Waals surface area contributed by atoms with E-state index < -0.39 is 0 Å². The van der Waals surface area contributed by atoms with Crippen molar-refractivity contribution in [1.29, 1.82) is 0 Å². The summed E-state index contributed by atoms with van der Waals surface area (Å²) in [5.41, 5.74) is 2.42. The lowest BCUT2D eigenvalue weighted by Gasteiger charge is -2.30. The van der Waals surface area contributed by atoms with Crippen LogP contribution in [0.4, 0.5) is 5.69 Å². The Morgan fingerprint density at radius 1 is 1.20 bits per heavy atom. The molecule has 180 valence electrons. The number of nitrogens with one attached hydrogen (secondary N) is 1. The Hall–Kier alpha value is -2.65. The van der Waals surface area contributed by atoms with Crippen molar-refractivity contribution in [1.82, 2.24) is 14.5 Å². The van der Waals surface area contributed by atoms with Crippen LogP contribution >= 0.6 is 34.7 Å². The Morgan fingerprint density at radius 3 is 2.74 bits per heavy atom. The second-order valence-corrected chi connectivity index (χ2v) is 11.2. The van der Waals surface area contributed by atoms with Crippen LogP contribution in [0.1, 0.15) is 24.3 Å². The van der Waals surface area contributed by atoms with Gasteiger partial charge < -0.3 is 5.32 Å². The highest BCUT2D eigenvalue weighted by Crippen LogP contribution is 2.34. The molecule has 6 nitrogen and oxygen atoms in total. The molecule has 0 fully saturated rings. The first kappa shape index (κ1) is 24.1. The lowest BCUT2D eigenvalue weighted by molar-refractivity contribution is -0.113. The standard InChI is InChI=1S/C26H25ClN4O2S2/c1-16(2)30-12-11-20-21(14-30)35-24-23(20)25(33)31(19-9-4-3-5-10-19)26(29-24)34-15-22(32)28-18-8-6-7-17(27)13-18/h3-10,13,16H,11-12,14-15H2,1-2H3,(H,28,32). The van der Waals surface area contributed by atoms with Crippen molar-refractivity contribution in [3.8, 4) is 5.69 Å². The molecule has 2 aromatic heterocycles. The highest BCUT2D eigenvalue weighted by molar-refractivity contribution is 7.99. The number of hydrogen-bond donors (Lipinski definition) is 1. The van der Waals surface area contributed by atoms with Crippen LogP contribution in [0, 0.1) is 0 Å². The number of amides is 1. The van der Waals surface area contributed by atoms with E-state index in [2.05, 4.69) is 24.1 Å². The molecule has 1 aliphatic rings. The van der Waals surface area contributed by atoms with E-state index in [9.17, 15) is 9.59 Å². The SMILES string of the molecule is CC(C)N1CCc2c(sc3nc(SCC(=O)Nc4cccc(Cl)c4)n(-c4ccccc4)c(=O)c23)C1. The molecule has 0 bridgehead atoms. The molecule has 0 radical (unpaired) electrons. The molecule has 9 heteroatoms. The molecular formula is C26H25ClN4O2S2. The van der Waals surface area contributed by atoms with E-state index in [0.717, 1.165) is 35.6 Å². The van der Waals surface area contributed by atoms with Crippen LogP contribution in [0.3, 0.4) is 0 Å². The second-order valence-electron chi connectivity index (χ2n) is 8.72. The average Bonchev–Trinajstić information content (AvgIpc) is 3.21. The third kappa shape index (κ3) is 5.02. The molecular weight excluding hydrogens is 500 g/mol. The minimum Gasteiger partial charge on any atom is -0.325 e. The average molecular weight is 525 g/mol. The van der Waals surface area contributed by atoms with E-state index in [1.54, 1.807) is 40.2 Å². The maximum absolute atomic E-state index is 13.9. The molecule has 2 aromatic carbocycles. The Labute approximate surface area is 216 Å². The maximum Gasteiger partial charge on any atom is 0.267 e. The van der Waals surface area contributed by atoms with Gasteiger partial charge in [0, 0.05) is 34.7 Å². The molecule has 0 spiro atoms. The molecule has 1 N–H and O–H groups in total. The normalized spacial score (nSPS) is 13.8. The number of hydrogen-bond acceptors (Lipinski definition) is 6. The van der Waals surface area contributed by atoms with Crippen LogP contribution in [-0.4, -0.2) is 38.7 Å². The molecule has 0 unspecified atom stereocenters. The molecule has 3 heterocycles. The van der Waals surface area contributed by atoms with E-state index >= 15 is 0 Å². The summed E-state index contributed by atoms with van der Waals surface area (Å²) < 4.78 is 1.64. The number of halogens is 1. The summed E-state index contributed by atoms with van der Waals surface area (Å²) in [5.74, 6) is -0.0759. The number of benzene rings is 2. The number of para-hydroxylation sites is 1. The zero-order valence-electron chi connectivity index (χ0n) is 19.5. The van der Waals surface area contributed by atoms with E-state index in [1.165, 1.54) is 16.6 Å². The third-order valence-corrected chi connectivity index (χ3v) is 8.34. The van der Waals surface area contributed by atoms with Gasteiger partial charge in [0.1, 0.15) is 4.83 Å². The summed E-state index contributed by atoms with van der Waals surface area (Å²) in [6, 6.07) is 17.0. The van der Waals surface area contributed by atoms with Crippen LogP contribution in [0.15, 0.2) is 64.5 Å². The summed E-state index contributed by atoms with van der Waals surface area (Å²) in [6.07, 6.45) is 0.841. The third-order valence-electron chi connectivity index (χ3n) is 6.06. The van der Waals surface area contributed by atoms with Crippen LogP contribution < -0.4 is 10.9 Å². The molecule has 0 aliphatic carbocycles. The summed E-state index contributed by atoms with van der Waals surface area (Å²) in [6.45, 7) is 6.16. The van der Waals surface area contributed by atoms with Gasteiger partial charge in [-0.2, -0.15) is 0 Å². The van der Waals surface area contributed by atoms with Crippen LogP contribution in [0.25, 0.3) is 15.9 Å². The minimum atomic E-state index is -0.190. The van der Waals surface area contributed by atoms with Crippen molar-refractivity contribution in [2.24, 2.45) is 0 Å². The monoisotopic (exact) mass is 524 g/mol. The van der Waals surface area contributed by atoms with Gasteiger partial charge in [-0.1, -0.05) is 47.6 Å². The number of carbonyl (C=O) groups excluding carboxylic acids is 1. The Kier molecular flexibility index (Phi) is 6.98. The van der Waals surface area contributed by atoms with Crippen LogP contribution in [0.5, 0.6) is 0 Å². The number of fused-ring (bicyclic) bond motifs is 3. The van der Waals surface area contributed by atoms with Gasteiger partial charge in [0.15, 0.2) is 5.16 Å². The van der Waals surface area contributed by atoms with Crippen molar-refractivity contribution in [3.63, 3.8) is 0 Å². The van der Waals surface area contributed by atoms with Gasteiger partial charge >= 0.3 is 0 Å². The summed E-state index contributed by atoms with van der Waals surface area (Å²) >= 11 is 8.88. The van der Waals surface area contributed by atoms with Crippen molar-refractivity contribution in [2.75, 3.05) is 17.6 Å². The molecule has 0 saturated heterocycles. The number of carbonyl (C=O) groups is 1. The van der Waals surface area contributed by atoms with Gasteiger partial charge in [0.25, 0.3) is 5.56 Å². The second kappa shape index (κ2) is 10.1. The van der Waals surface area contributed by atoms with Crippen LogP contribution in [0.2, 0.25) is 5.02 Å². The number of nitrogens with zero attached hydrogens (tertiary/aromatic N) is 3. The first-order chi connectivity index (χ1) is 16.9. The van der Waals surface area contributed by atoms with E-state index in [1.807, 2.05) is 30.3 Å². The minimum absolute atomic E-state index is 0.0746. The largest absolute Gasteiger partial charge is 0.325 e. The Morgan fingerprint density at radius 2 is 2.00 bits per heavy atom. The number of thiophene rings is 1. The quantitative estimate of drug-likeness (QED) is 0.263. The topological polar surface area (TPSA) is 67.2 Å². The predicted octanol–water partition coefficient (Wildman–Crippen LogP) is 5.60. The van der Waals surface area contributed by atoms with E-state index in [4.69, 9.17) is 16.6 Å². The lowest BCUT2D eigenvalue weighted by atomic mass is 10.0. The number of rotatable bonds is 6. The zero-order valence-corrected chi connectivity index (χ0v) is 21.8. The summed E-state index contributed by atoms with van der Waals surface area (Å²) in [7, 11) is 0. The van der Waals surface area contributed by atoms with Crippen molar-refractivity contribution in [2.45, 2.75) is 38.0 Å². The zero-order chi connectivity index (χ0) is 24.5. The smallest absolute Gasteiger partial charge is 0.267 e. The van der Waals surface area contributed by atoms with E-state index in [-0.39, 0.29) is 17.2 Å². The molecule has 35 heavy (non-hydrogen) atoms. The first-order valence-electron chi connectivity index (χ1n) is 11.5. The molecule has 0 atom stereocenters. The number of aromatic nitrogens is 2. The molecule has 0 saturated carbocycles. The van der Waals surface area contributed by atoms with Gasteiger partial charge in [-0.15, -0.1) is 11.3 Å². The van der Waals surface area contributed by atoms with Gasteiger partial charge in [0.05, 0.1) is 16.8 Å². The van der Waals surface area contributed by atoms with Gasteiger partial charge in [-0.3, -0.25) is 19.1 Å². The van der Waals surface area contributed by atoms with Crippen molar-refractivity contribution >= 4 is 56.5 Å². The van der Waals surface area contributed by atoms with Crippen molar-refractivity contribution < 1.29 is 4.79 Å². The fraction of sp³-hybridized carbons (Fsp3) is 0.269. The molecule has 1 aliphatic heterocycles. The van der Waals surface area contributed by atoms with Crippen molar-refractivity contribution in [3.05, 3.63) is 80.4 Å². The van der Waals surface area contributed by atoms with Gasteiger partial charge in [-0.05, 0) is 56.2 Å². The maximum atomic E-state index is 13.9. The molecule has 4 aromatic rings. The summed E-state index contributed by atoms with van der Waals surface area (Å²) in [4.78, 5) is 35.8. The fourth-order valence-corrected chi connectivity index (χ4v) is 6.57. The molecule has 5 rings (SSSR count). The highest BCUT2D eigenvalue weighted by atomic mass is 35.5. The predicted molar refractivity (Wildman–Crippen MR) is 145 cm³/mol. The summed E-state index contributed by atoms with van der Waals surface area (Å²) in [5, 5.41) is 4.63. The molecule has 1 amide bonds. The fourth-order valence-electron chi connectivity index (χ4n) is 4.28. The highest BCUT2D eigenvalue weighted by Gasteiger charge is 2.26. The van der Waals surface area contributed by atoms with Gasteiger partial charge in [0.2, 0.25) is 5.91 Å². The Balaban J connectivity index is 1.51. The lowest BCUT2D eigenvalue weighted by Crippen LogP contribution is -2.35. The number of anilines is 1. The van der Waals surface area contributed by atoms with Gasteiger partial charge in [-0.25, -0.2) is 4.98 Å². The first-order valence-corrected chi connectivity index (χ1v) is 13.6.